The average Bonchev–Trinajstić information content (AvgIpc) is 2.72. The highest BCUT2D eigenvalue weighted by molar-refractivity contribution is 7.88. The number of amides is 1. The Morgan fingerprint density at radius 1 is 1.32 bits per heavy atom. The molecule has 1 aliphatic rings. The number of hydrogen-bond acceptors (Lipinski definition) is 4. The lowest BCUT2D eigenvalue weighted by Crippen LogP contribution is -2.47. The molecule has 0 bridgehead atoms. The Morgan fingerprint density at radius 2 is 1.89 bits per heavy atom. The summed E-state index contributed by atoms with van der Waals surface area (Å²) in [6.45, 7) is 5.64. The number of rotatable bonds is 4. The summed E-state index contributed by atoms with van der Waals surface area (Å²) in [5, 5.41) is 2.54. The first-order chi connectivity index (χ1) is 8.53. The van der Waals surface area contributed by atoms with Gasteiger partial charge >= 0.3 is 0 Å². The van der Waals surface area contributed by atoms with E-state index in [1.165, 1.54) is 4.31 Å². The lowest BCUT2D eigenvalue weighted by Gasteiger charge is -2.22. The van der Waals surface area contributed by atoms with Gasteiger partial charge < -0.3 is 5.32 Å². The number of ketones is 1. The average molecular weight is 290 g/mol. The Morgan fingerprint density at radius 3 is 2.37 bits per heavy atom. The summed E-state index contributed by atoms with van der Waals surface area (Å²) in [5.74, 6) is -0.467. The molecule has 110 valence electrons. The summed E-state index contributed by atoms with van der Waals surface area (Å²) in [5.41, 5.74) is -0.514. The van der Waals surface area contributed by atoms with Crippen molar-refractivity contribution in [2.24, 2.45) is 5.41 Å². The Labute approximate surface area is 114 Å². The monoisotopic (exact) mass is 290 g/mol. The molecule has 0 aliphatic carbocycles. The van der Waals surface area contributed by atoms with Crippen molar-refractivity contribution in [1.29, 1.82) is 0 Å². The van der Waals surface area contributed by atoms with Gasteiger partial charge in [-0.2, -0.15) is 4.31 Å². The van der Waals surface area contributed by atoms with Crippen LogP contribution in [0.5, 0.6) is 0 Å². The van der Waals surface area contributed by atoms with E-state index in [1.54, 1.807) is 20.8 Å². The quantitative estimate of drug-likeness (QED) is 0.798. The minimum atomic E-state index is -3.38. The van der Waals surface area contributed by atoms with Crippen LogP contribution in [0.2, 0.25) is 0 Å². The van der Waals surface area contributed by atoms with Gasteiger partial charge in [-0.05, 0) is 12.8 Å². The van der Waals surface area contributed by atoms with Gasteiger partial charge in [0, 0.05) is 12.0 Å². The highest BCUT2D eigenvalue weighted by Crippen LogP contribution is 2.20. The van der Waals surface area contributed by atoms with Gasteiger partial charge in [0.2, 0.25) is 15.9 Å². The van der Waals surface area contributed by atoms with E-state index in [4.69, 9.17) is 0 Å². The van der Waals surface area contributed by atoms with Crippen LogP contribution in [-0.2, 0) is 19.6 Å². The summed E-state index contributed by atoms with van der Waals surface area (Å²) in [6.07, 6.45) is 2.26. The van der Waals surface area contributed by atoms with Crippen molar-refractivity contribution in [1.82, 2.24) is 9.62 Å². The van der Waals surface area contributed by atoms with Gasteiger partial charge in [0.1, 0.15) is 6.04 Å². The number of sulfonamides is 1. The van der Waals surface area contributed by atoms with Crippen molar-refractivity contribution in [2.45, 2.75) is 39.7 Å². The minimum absolute atomic E-state index is 0.0591. The highest BCUT2D eigenvalue weighted by Gasteiger charge is 2.36. The predicted octanol–water partition coefficient (Wildman–Crippen LogP) is 0.142. The van der Waals surface area contributed by atoms with E-state index in [0.29, 0.717) is 19.4 Å². The number of nitrogens with zero attached hydrogens (tertiary/aromatic N) is 1. The van der Waals surface area contributed by atoms with Crippen LogP contribution >= 0.6 is 0 Å². The molecular formula is C12H22N2O4S. The maximum absolute atomic E-state index is 12.0. The van der Waals surface area contributed by atoms with Gasteiger partial charge in [-0.25, -0.2) is 8.42 Å². The molecule has 19 heavy (non-hydrogen) atoms. The fraction of sp³-hybridized carbons (Fsp3) is 0.833. The molecule has 1 fully saturated rings. The van der Waals surface area contributed by atoms with Crippen molar-refractivity contribution in [2.75, 3.05) is 19.3 Å². The van der Waals surface area contributed by atoms with E-state index in [1.807, 2.05) is 0 Å². The first-order valence-corrected chi connectivity index (χ1v) is 8.16. The summed E-state index contributed by atoms with van der Waals surface area (Å²) >= 11 is 0. The van der Waals surface area contributed by atoms with Gasteiger partial charge in [-0.3, -0.25) is 9.59 Å². The largest absolute Gasteiger partial charge is 0.348 e. The molecular weight excluding hydrogens is 268 g/mol. The van der Waals surface area contributed by atoms with E-state index in [-0.39, 0.29) is 18.2 Å². The van der Waals surface area contributed by atoms with Crippen LogP contribution in [0, 0.1) is 5.41 Å². The summed E-state index contributed by atoms with van der Waals surface area (Å²) in [4.78, 5) is 23.7. The van der Waals surface area contributed by atoms with Crippen LogP contribution in [0.4, 0.5) is 0 Å². The molecule has 0 aromatic heterocycles. The summed E-state index contributed by atoms with van der Waals surface area (Å²) in [7, 11) is -3.38. The number of Topliss-reactive ketones (excluding diaryl/α,β-unsaturated/α-hetero) is 1. The van der Waals surface area contributed by atoms with Crippen LogP contribution in [0.15, 0.2) is 0 Å². The molecule has 1 aliphatic heterocycles. The molecule has 0 aromatic rings. The zero-order chi connectivity index (χ0) is 14.8. The molecule has 1 saturated heterocycles. The Kier molecular flexibility index (Phi) is 4.73. The Bertz CT molecular complexity index is 465. The lowest BCUT2D eigenvalue weighted by atomic mass is 9.91. The molecule has 1 N–H and O–H groups in total. The first kappa shape index (κ1) is 16.1. The van der Waals surface area contributed by atoms with Crippen LogP contribution in [0.1, 0.15) is 33.6 Å². The fourth-order valence-corrected chi connectivity index (χ4v) is 3.07. The van der Waals surface area contributed by atoms with E-state index >= 15 is 0 Å². The molecule has 1 unspecified atom stereocenters. The number of hydrogen-bond donors (Lipinski definition) is 1. The zero-order valence-electron chi connectivity index (χ0n) is 11.9. The molecule has 7 heteroatoms. The van der Waals surface area contributed by atoms with Crippen LogP contribution in [-0.4, -0.2) is 49.8 Å². The minimum Gasteiger partial charge on any atom is -0.348 e. The van der Waals surface area contributed by atoms with E-state index in [2.05, 4.69) is 5.32 Å². The topological polar surface area (TPSA) is 83.6 Å². The van der Waals surface area contributed by atoms with Crippen molar-refractivity contribution >= 4 is 21.7 Å². The number of carbonyl (C=O) groups is 2. The second kappa shape index (κ2) is 5.58. The summed E-state index contributed by atoms with van der Waals surface area (Å²) < 4.78 is 24.2. The van der Waals surface area contributed by atoms with E-state index < -0.39 is 21.5 Å². The van der Waals surface area contributed by atoms with Crippen LogP contribution in [0.25, 0.3) is 0 Å². The number of carbonyl (C=O) groups excluding carboxylic acids is 2. The normalized spacial score (nSPS) is 21.4. The molecule has 0 saturated carbocycles. The molecule has 1 amide bonds. The zero-order valence-corrected chi connectivity index (χ0v) is 12.7. The molecule has 1 heterocycles. The molecule has 1 rings (SSSR count). The van der Waals surface area contributed by atoms with Crippen LogP contribution < -0.4 is 5.32 Å². The van der Waals surface area contributed by atoms with Gasteiger partial charge in [-0.15, -0.1) is 0 Å². The maximum Gasteiger partial charge on any atom is 0.238 e. The Hall–Kier alpha value is -0.950. The van der Waals surface area contributed by atoms with Gasteiger partial charge in [-0.1, -0.05) is 20.8 Å². The second-order valence-electron chi connectivity index (χ2n) is 5.92. The molecule has 0 radical (unpaired) electrons. The molecule has 6 nitrogen and oxygen atoms in total. The van der Waals surface area contributed by atoms with Crippen molar-refractivity contribution in [3.63, 3.8) is 0 Å². The maximum atomic E-state index is 12.0. The predicted molar refractivity (Wildman–Crippen MR) is 72.0 cm³/mol. The SMILES string of the molecule is CC(C)(C)C(=O)CNC(=O)C1CCCN1S(C)(=O)=O. The first-order valence-electron chi connectivity index (χ1n) is 6.31. The third-order valence-corrected chi connectivity index (χ3v) is 4.48. The molecule has 1 atom stereocenters. The van der Waals surface area contributed by atoms with Gasteiger partial charge in [0.15, 0.2) is 5.78 Å². The third kappa shape index (κ3) is 4.28. The summed E-state index contributed by atoms with van der Waals surface area (Å²) in [6, 6.07) is -0.678. The van der Waals surface area contributed by atoms with E-state index in [9.17, 15) is 18.0 Å². The third-order valence-electron chi connectivity index (χ3n) is 3.19. The van der Waals surface area contributed by atoms with Crippen LogP contribution in [0.3, 0.4) is 0 Å². The number of nitrogens with one attached hydrogen (secondary N) is 1. The highest BCUT2D eigenvalue weighted by atomic mass is 32.2. The Balaban J connectivity index is 2.62. The van der Waals surface area contributed by atoms with Gasteiger partial charge in [0.05, 0.1) is 12.8 Å². The van der Waals surface area contributed by atoms with Crippen molar-refractivity contribution in [3.8, 4) is 0 Å². The smallest absolute Gasteiger partial charge is 0.238 e. The van der Waals surface area contributed by atoms with E-state index in [0.717, 1.165) is 6.26 Å². The van der Waals surface area contributed by atoms with Crippen molar-refractivity contribution < 1.29 is 18.0 Å². The second-order valence-corrected chi connectivity index (χ2v) is 7.86. The fourth-order valence-electron chi connectivity index (χ4n) is 1.95. The van der Waals surface area contributed by atoms with Crippen molar-refractivity contribution in [3.05, 3.63) is 0 Å². The molecule has 0 aromatic carbocycles. The standard InChI is InChI=1S/C12H22N2O4S/c1-12(2,3)10(15)8-13-11(16)9-6-5-7-14(9)19(4,17)18/h9H,5-8H2,1-4H3,(H,13,16). The lowest BCUT2D eigenvalue weighted by molar-refractivity contribution is -0.130. The van der Waals surface area contributed by atoms with Gasteiger partial charge in [0.25, 0.3) is 0 Å². The molecule has 0 spiro atoms.